The van der Waals surface area contributed by atoms with Gasteiger partial charge in [0.1, 0.15) is 0 Å². The highest BCUT2D eigenvalue weighted by molar-refractivity contribution is 6.04. The summed E-state index contributed by atoms with van der Waals surface area (Å²) in [4.78, 5) is 17.2. The van der Waals surface area contributed by atoms with E-state index in [1.54, 1.807) is 0 Å². The number of piperazine rings is 1. The molecule has 1 N–H and O–H groups in total. The first-order chi connectivity index (χ1) is 13.2. The van der Waals surface area contributed by atoms with Crippen LogP contribution in [-0.4, -0.2) is 58.6 Å². The van der Waals surface area contributed by atoms with Crippen molar-refractivity contribution in [1.29, 1.82) is 0 Å². The van der Waals surface area contributed by atoms with E-state index in [1.165, 1.54) is 5.56 Å². The fourth-order valence-corrected chi connectivity index (χ4v) is 3.48. The quantitative estimate of drug-likeness (QED) is 0.776. The van der Waals surface area contributed by atoms with Crippen LogP contribution < -0.4 is 0 Å². The van der Waals surface area contributed by atoms with Gasteiger partial charge in [-0.2, -0.15) is 5.10 Å². The highest BCUT2D eigenvalue weighted by atomic mass is 16.2. The van der Waals surface area contributed by atoms with Crippen LogP contribution in [-0.2, 0) is 0 Å². The number of rotatable bonds is 4. The third kappa shape index (κ3) is 3.93. The molecule has 0 bridgehead atoms. The van der Waals surface area contributed by atoms with Gasteiger partial charge in [-0.25, -0.2) is 0 Å². The summed E-state index contributed by atoms with van der Waals surface area (Å²) in [6.07, 6.45) is 4.34. The van der Waals surface area contributed by atoms with Crippen LogP contribution >= 0.6 is 0 Å². The van der Waals surface area contributed by atoms with Gasteiger partial charge in [0.25, 0.3) is 5.91 Å². The Morgan fingerprint density at radius 3 is 2.67 bits per heavy atom. The monoisotopic (exact) mass is 360 g/mol. The molecule has 0 atom stereocenters. The van der Waals surface area contributed by atoms with Gasteiger partial charge in [-0.15, -0.1) is 0 Å². The molecule has 1 amide bonds. The van der Waals surface area contributed by atoms with Crippen molar-refractivity contribution in [1.82, 2.24) is 20.0 Å². The minimum absolute atomic E-state index is 0.0197. The van der Waals surface area contributed by atoms with E-state index in [0.717, 1.165) is 49.2 Å². The maximum atomic E-state index is 12.9. The maximum absolute atomic E-state index is 12.9. The smallest absolute Gasteiger partial charge is 0.275 e. The summed E-state index contributed by atoms with van der Waals surface area (Å²) in [5.74, 6) is 0.0197. The molecule has 1 fully saturated rings. The van der Waals surface area contributed by atoms with E-state index in [2.05, 4.69) is 39.4 Å². The fraction of sp³-hybridized carbons (Fsp3) is 0.273. The first kappa shape index (κ1) is 17.5. The van der Waals surface area contributed by atoms with Gasteiger partial charge in [-0.1, -0.05) is 54.1 Å². The number of nitrogens with zero attached hydrogens (tertiary/aromatic N) is 3. The SMILES string of the molecule is Cc1ccc2[nH]nc(C(=O)N3CCN(C/C=C/c4ccccc4)CC3)c2c1. The van der Waals surface area contributed by atoms with E-state index in [1.807, 2.05) is 48.2 Å². The molecule has 27 heavy (non-hydrogen) atoms. The van der Waals surface area contributed by atoms with Crippen molar-refractivity contribution in [2.24, 2.45) is 0 Å². The molecule has 3 aromatic rings. The zero-order valence-corrected chi connectivity index (χ0v) is 15.6. The standard InChI is InChI=1S/C22H24N4O/c1-17-9-10-20-19(16-17)21(24-23-20)22(27)26-14-12-25(13-15-26)11-5-8-18-6-3-2-4-7-18/h2-10,16H,11-15H2,1H3,(H,23,24)/b8-5+. The van der Waals surface area contributed by atoms with Gasteiger partial charge in [0.05, 0.1) is 5.52 Å². The Morgan fingerprint density at radius 1 is 1.11 bits per heavy atom. The Labute approximate surface area is 159 Å². The summed E-state index contributed by atoms with van der Waals surface area (Å²) in [6, 6.07) is 16.3. The van der Waals surface area contributed by atoms with Gasteiger partial charge >= 0.3 is 0 Å². The third-order valence-electron chi connectivity index (χ3n) is 5.05. The second kappa shape index (κ2) is 7.76. The first-order valence-electron chi connectivity index (χ1n) is 9.39. The Hall–Kier alpha value is -2.92. The van der Waals surface area contributed by atoms with Crippen LogP contribution in [0.3, 0.4) is 0 Å². The lowest BCUT2D eigenvalue weighted by molar-refractivity contribution is 0.0646. The molecule has 0 unspecified atom stereocenters. The van der Waals surface area contributed by atoms with Gasteiger partial charge < -0.3 is 4.90 Å². The summed E-state index contributed by atoms with van der Waals surface area (Å²) >= 11 is 0. The van der Waals surface area contributed by atoms with Crippen molar-refractivity contribution in [3.05, 3.63) is 71.4 Å². The van der Waals surface area contributed by atoms with Crippen LogP contribution in [0.2, 0.25) is 0 Å². The van der Waals surface area contributed by atoms with Crippen molar-refractivity contribution in [3.63, 3.8) is 0 Å². The minimum Gasteiger partial charge on any atom is -0.335 e. The topological polar surface area (TPSA) is 52.2 Å². The van der Waals surface area contributed by atoms with Crippen molar-refractivity contribution < 1.29 is 4.79 Å². The van der Waals surface area contributed by atoms with E-state index in [9.17, 15) is 4.79 Å². The van der Waals surface area contributed by atoms with Crippen LogP contribution in [0.4, 0.5) is 0 Å². The molecule has 1 aliphatic heterocycles. The molecule has 1 aliphatic rings. The number of hydrogen-bond acceptors (Lipinski definition) is 3. The average molecular weight is 360 g/mol. The molecule has 4 rings (SSSR count). The number of benzene rings is 2. The second-order valence-corrected chi connectivity index (χ2v) is 7.03. The summed E-state index contributed by atoms with van der Waals surface area (Å²) in [6.45, 7) is 6.17. The van der Waals surface area contributed by atoms with Crippen molar-refractivity contribution in [3.8, 4) is 0 Å². The normalized spacial score (nSPS) is 15.7. The van der Waals surface area contributed by atoms with Crippen molar-refractivity contribution in [2.75, 3.05) is 32.7 Å². The predicted molar refractivity (Wildman–Crippen MR) is 109 cm³/mol. The summed E-state index contributed by atoms with van der Waals surface area (Å²) in [7, 11) is 0. The highest BCUT2D eigenvalue weighted by Gasteiger charge is 2.24. The number of carbonyl (C=O) groups is 1. The lowest BCUT2D eigenvalue weighted by Gasteiger charge is -2.33. The molecule has 138 valence electrons. The number of amides is 1. The predicted octanol–water partition coefficient (Wildman–Crippen LogP) is 3.34. The van der Waals surface area contributed by atoms with Crippen LogP contribution in [0.1, 0.15) is 21.6 Å². The number of aryl methyl sites for hydroxylation is 1. The Kier molecular flexibility index (Phi) is 5.03. The number of nitrogens with one attached hydrogen (secondary N) is 1. The maximum Gasteiger partial charge on any atom is 0.275 e. The molecule has 5 heteroatoms. The fourth-order valence-electron chi connectivity index (χ4n) is 3.48. The average Bonchev–Trinajstić information content (AvgIpc) is 3.12. The van der Waals surface area contributed by atoms with Crippen LogP contribution in [0.5, 0.6) is 0 Å². The number of aromatic amines is 1. The van der Waals surface area contributed by atoms with Crippen LogP contribution in [0.15, 0.2) is 54.6 Å². The Morgan fingerprint density at radius 2 is 1.89 bits per heavy atom. The molecule has 0 radical (unpaired) electrons. The second-order valence-electron chi connectivity index (χ2n) is 7.03. The molecule has 1 saturated heterocycles. The number of hydrogen-bond donors (Lipinski definition) is 1. The zero-order valence-electron chi connectivity index (χ0n) is 15.6. The first-order valence-corrected chi connectivity index (χ1v) is 9.39. The van der Waals surface area contributed by atoms with Crippen LogP contribution in [0.25, 0.3) is 17.0 Å². The third-order valence-corrected chi connectivity index (χ3v) is 5.05. The number of fused-ring (bicyclic) bond motifs is 1. The molecular weight excluding hydrogens is 336 g/mol. The summed E-state index contributed by atoms with van der Waals surface area (Å²) in [5, 5.41) is 8.15. The number of aromatic nitrogens is 2. The lowest BCUT2D eigenvalue weighted by atomic mass is 10.1. The number of H-pyrrole nitrogens is 1. The van der Waals surface area contributed by atoms with E-state index in [4.69, 9.17) is 0 Å². The van der Waals surface area contributed by atoms with Gasteiger partial charge in [0.15, 0.2) is 5.69 Å². The van der Waals surface area contributed by atoms with E-state index >= 15 is 0 Å². The molecule has 5 nitrogen and oxygen atoms in total. The van der Waals surface area contributed by atoms with E-state index < -0.39 is 0 Å². The molecular formula is C22H24N4O. The molecule has 2 aromatic carbocycles. The van der Waals surface area contributed by atoms with Crippen molar-refractivity contribution in [2.45, 2.75) is 6.92 Å². The highest BCUT2D eigenvalue weighted by Crippen LogP contribution is 2.19. The van der Waals surface area contributed by atoms with Gasteiger partial charge in [-0.3, -0.25) is 14.8 Å². The van der Waals surface area contributed by atoms with Gasteiger partial charge in [-0.05, 0) is 24.6 Å². The minimum atomic E-state index is 0.0197. The Bertz CT molecular complexity index is 953. The molecule has 0 saturated carbocycles. The number of carbonyl (C=O) groups excluding carboxylic acids is 1. The zero-order chi connectivity index (χ0) is 18.6. The molecule has 0 spiro atoms. The van der Waals surface area contributed by atoms with Crippen molar-refractivity contribution >= 4 is 22.9 Å². The summed E-state index contributed by atoms with van der Waals surface area (Å²) < 4.78 is 0. The largest absolute Gasteiger partial charge is 0.335 e. The molecule has 0 aliphatic carbocycles. The summed E-state index contributed by atoms with van der Waals surface area (Å²) in [5.41, 5.74) is 3.79. The van der Waals surface area contributed by atoms with E-state index in [-0.39, 0.29) is 5.91 Å². The van der Waals surface area contributed by atoms with Crippen LogP contribution in [0, 0.1) is 6.92 Å². The lowest BCUT2D eigenvalue weighted by Crippen LogP contribution is -2.48. The van der Waals surface area contributed by atoms with Gasteiger partial charge in [0.2, 0.25) is 0 Å². The Balaban J connectivity index is 1.35. The molecule has 2 heterocycles. The van der Waals surface area contributed by atoms with E-state index in [0.29, 0.717) is 5.69 Å². The molecule has 1 aromatic heterocycles. The van der Waals surface area contributed by atoms with Gasteiger partial charge in [0, 0.05) is 38.1 Å².